The Morgan fingerprint density at radius 1 is 0.882 bits per heavy atom. The van der Waals surface area contributed by atoms with Gasteiger partial charge in [0.1, 0.15) is 0 Å². The van der Waals surface area contributed by atoms with Crippen molar-refractivity contribution in [2.45, 2.75) is 12.0 Å². The summed E-state index contributed by atoms with van der Waals surface area (Å²) in [4.78, 5) is 0. The molecule has 2 unspecified atom stereocenters. The minimum atomic E-state index is 0.109. The van der Waals surface area contributed by atoms with Gasteiger partial charge in [0.2, 0.25) is 0 Å². The average molecular weight is 219 g/mol. The SMILES string of the molecule is NC1C=Cc2ccc3cccc4c3c2C1C=C4. The van der Waals surface area contributed by atoms with Crippen LogP contribution in [0.5, 0.6) is 0 Å². The van der Waals surface area contributed by atoms with E-state index in [1.54, 1.807) is 0 Å². The van der Waals surface area contributed by atoms with Gasteiger partial charge in [0.05, 0.1) is 0 Å². The van der Waals surface area contributed by atoms with Crippen molar-refractivity contribution in [1.82, 2.24) is 0 Å². The van der Waals surface area contributed by atoms with Gasteiger partial charge >= 0.3 is 0 Å². The molecule has 0 amide bonds. The van der Waals surface area contributed by atoms with Crippen molar-refractivity contribution in [3.8, 4) is 0 Å². The maximum absolute atomic E-state index is 6.19. The van der Waals surface area contributed by atoms with Crippen LogP contribution in [0.2, 0.25) is 0 Å². The van der Waals surface area contributed by atoms with Crippen LogP contribution in [-0.4, -0.2) is 6.04 Å². The molecule has 0 saturated carbocycles. The Bertz CT molecular complexity index is 679. The average Bonchev–Trinajstić information content (AvgIpc) is 2.38. The predicted octanol–water partition coefficient (Wildman–Crippen LogP) is 3.30. The van der Waals surface area contributed by atoms with E-state index in [1.807, 2.05) is 0 Å². The largest absolute Gasteiger partial charge is 0.324 e. The molecule has 82 valence electrons. The fraction of sp³-hybridized carbons (Fsp3) is 0.125. The second-order valence-corrected chi connectivity index (χ2v) is 4.84. The first-order valence-electron chi connectivity index (χ1n) is 6.02. The topological polar surface area (TPSA) is 26.0 Å². The lowest BCUT2D eigenvalue weighted by molar-refractivity contribution is 0.719. The molecule has 0 aliphatic heterocycles. The quantitative estimate of drug-likeness (QED) is 0.722. The molecular formula is C16H13N. The number of hydrogen-bond donors (Lipinski definition) is 1. The molecule has 4 rings (SSSR count). The molecule has 2 aromatic carbocycles. The van der Waals surface area contributed by atoms with Gasteiger partial charge < -0.3 is 5.73 Å². The van der Waals surface area contributed by atoms with Crippen LogP contribution in [0.25, 0.3) is 22.9 Å². The lowest BCUT2D eigenvalue weighted by atomic mass is 9.77. The second kappa shape index (κ2) is 3.08. The van der Waals surface area contributed by atoms with Crippen molar-refractivity contribution >= 4 is 22.9 Å². The van der Waals surface area contributed by atoms with Crippen LogP contribution in [0, 0.1) is 0 Å². The molecule has 0 saturated heterocycles. The van der Waals surface area contributed by atoms with Crippen LogP contribution in [0.15, 0.2) is 42.5 Å². The lowest BCUT2D eigenvalue weighted by Gasteiger charge is -2.29. The minimum absolute atomic E-state index is 0.109. The summed E-state index contributed by atoms with van der Waals surface area (Å²) in [5.41, 5.74) is 10.2. The summed E-state index contributed by atoms with van der Waals surface area (Å²) in [6.45, 7) is 0. The summed E-state index contributed by atoms with van der Waals surface area (Å²) >= 11 is 0. The van der Waals surface area contributed by atoms with Gasteiger partial charge in [-0.05, 0) is 27.5 Å². The molecule has 1 heteroatoms. The van der Waals surface area contributed by atoms with Gasteiger partial charge in [-0.3, -0.25) is 0 Å². The Morgan fingerprint density at radius 3 is 2.71 bits per heavy atom. The van der Waals surface area contributed by atoms with Crippen molar-refractivity contribution < 1.29 is 0 Å². The number of rotatable bonds is 0. The summed E-state index contributed by atoms with van der Waals surface area (Å²) in [6.07, 6.45) is 8.72. The molecule has 1 nitrogen and oxygen atoms in total. The highest BCUT2D eigenvalue weighted by Gasteiger charge is 2.26. The fourth-order valence-electron chi connectivity index (χ4n) is 3.05. The molecule has 0 radical (unpaired) electrons. The smallest absolute Gasteiger partial charge is 0.0332 e. The molecule has 0 spiro atoms. The zero-order valence-corrected chi connectivity index (χ0v) is 9.43. The van der Waals surface area contributed by atoms with Crippen LogP contribution >= 0.6 is 0 Å². The third-order valence-corrected chi connectivity index (χ3v) is 3.88. The van der Waals surface area contributed by atoms with E-state index in [9.17, 15) is 0 Å². The third-order valence-electron chi connectivity index (χ3n) is 3.88. The van der Waals surface area contributed by atoms with Gasteiger partial charge in [-0.15, -0.1) is 0 Å². The highest BCUT2D eigenvalue weighted by atomic mass is 14.6. The van der Waals surface area contributed by atoms with E-state index < -0.39 is 0 Å². The summed E-state index contributed by atoms with van der Waals surface area (Å²) in [5.74, 6) is 0.341. The van der Waals surface area contributed by atoms with Crippen LogP contribution in [-0.2, 0) is 0 Å². The molecule has 2 aromatic rings. The van der Waals surface area contributed by atoms with E-state index in [1.165, 1.54) is 27.5 Å². The Labute approximate surface area is 100 Å². The van der Waals surface area contributed by atoms with Gasteiger partial charge in [0.25, 0.3) is 0 Å². The van der Waals surface area contributed by atoms with E-state index in [2.05, 4.69) is 54.6 Å². The van der Waals surface area contributed by atoms with Gasteiger partial charge in [-0.25, -0.2) is 0 Å². The normalized spacial score (nSPS) is 24.3. The first-order valence-corrected chi connectivity index (χ1v) is 6.02. The van der Waals surface area contributed by atoms with Crippen LogP contribution in [0.4, 0.5) is 0 Å². The zero-order chi connectivity index (χ0) is 11.4. The molecule has 2 aliphatic rings. The van der Waals surface area contributed by atoms with Crippen LogP contribution in [0.1, 0.15) is 22.6 Å². The molecule has 2 aliphatic carbocycles. The monoisotopic (exact) mass is 219 g/mol. The minimum Gasteiger partial charge on any atom is -0.324 e. The molecule has 0 heterocycles. The standard InChI is InChI=1S/C16H13N/c17-14-9-7-12-5-4-10-2-1-3-11-6-8-13(14)16(12)15(10)11/h1-9,13-14H,17H2. The molecular weight excluding hydrogens is 206 g/mol. The van der Waals surface area contributed by atoms with Crippen molar-refractivity contribution in [2.75, 3.05) is 0 Å². The molecule has 0 aromatic heterocycles. The molecule has 2 N–H and O–H groups in total. The molecule has 17 heavy (non-hydrogen) atoms. The first kappa shape index (κ1) is 9.20. The number of hydrogen-bond acceptors (Lipinski definition) is 1. The van der Waals surface area contributed by atoms with Gasteiger partial charge in [-0.2, -0.15) is 0 Å². The number of benzene rings is 2. The Morgan fingerprint density at radius 2 is 1.76 bits per heavy atom. The van der Waals surface area contributed by atoms with E-state index in [-0.39, 0.29) is 6.04 Å². The van der Waals surface area contributed by atoms with Crippen molar-refractivity contribution in [2.24, 2.45) is 5.73 Å². The fourth-order valence-corrected chi connectivity index (χ4v) is 3.05. The summed E-state index contributed by atoms with van der Waals surface area (Å²) in [7, 11) is 0. The summed E-state index contributed by atoms with van der Waals surface area (Å²) in [5, 5.41) is 2.70. The number of nitrogens with two attached hydrogens (primary N) is 1. The highest BCUT2D eigenvalue weighted by molar-refractivity contribution is 5.98. The third kappa shape index (κ3) is 1.12. The van der Waals surface area contributed by atoms with Crippen LogP contribution in [0.3, 0.4) is 0 Å². The van der Waals surface area contributed by atoms with Crippen molar-refractivity contribution in [3.63, 3.8) is 0 Å². The maximum atomic E-state index is 6.19. The Balaban J connectivity index is 2.21. The summed E-state index contributed by atoms with van der Waals surface area (Å²) < 4.78 is 0. The first-order chi connectivity index (χ1) is 8.34. The summed E-state index contributed by atoms with van der Waals surface area (Å²) in [6, 6.07) is 11.0. The molecule has 0 bridgehead atoms. The Hall–Kier alpha value is -1.86. The lowest BCUT2D eigenvalue weighted by Crippen LogP contribution is -2.28. The highest BCUT2D eigenvalue weighted by Crippen LogP contribution is 2.41. The van der Waals surface area contributed by atoms with Crippen LogP contribution < -0.4 is 5.73 Å². The van der Waals surface area contributed by atoms with E-state index in [4.69, 9.17) is 5.73 Å². The van der Waals surface area contributed by atoms with Crippen molar-refractivity contribution in [1.29, 1.82) is 0 Å². The van der Waals surface area contributed by atoms with Gasteiger partial charge in [-0.1, -0.05) is 54.6 Å². The molecule has 0 fully saturated rings. The van der Waals surface area contributed by atoms with Crippen molar-refractivity contribution in [3.05, 3.63) is 59.2 Å². The van der Waals surface area contributed by atoms with E-state index >= 15 is 0 Å². The second-order valence-electron chi connectivity index (χ2n) is 4.84. The zero-order valence-electron chi connectivity index (χ0n) is 9.43. The van der Waals surface area contributed by atoms with E-state index in [0.29, 0.717) is 5.92 Å². The van der Waals surface area contributed by atoms with E-state index in [0.717, 1.165) is 0 Å². The van der Waals surface area contributed by atoms with Gasteiger partial charge in [0.15, 0.2) is 0 Å². The molecule has 2 atom stereocenters. The predicted molar refractivity (Wildman–Crippen MR) is 72.7 cm³/mol. The van der Waals surface area contributed by atoms with Gasteiger partial charge in [0, 0.05) is 12.0 Å². The maximum Gasteiger partial charge on any atom is 0.0332 e. The Kier molecular flexibility index (Phi) is 1.67.